The first-order valence-electron chi connectivity index (χ1n) is 6.14. The highest BCUT2D eigenvalue weighted by Crippen LogP contribution is 2.05. The summed E-state index contributed by atoms with van der Waals surface area (Å²) in [6.07, 6.45) is 8.67. The minimum atomic E-state index is -0.902. The second kappa shape index (κ2) is 10.7. The molecule has 0 unspecified atom stereocenters. The fourth-order valence-electron chi connectivity index (χ4n) is 1.47. The Morgan fingerprint density at radius 2 is 1.81 bits per heavy atom. The van der Waals surface area contributed by atoms with Gasteiger partial charge in [-0.3, -0.25) is 0 Å². The van der Waals surface area contributed by atoms with Gasteiger partial charge in [0.15, 0.2) is 0 Å². The van der Waals surface area contributed by atoms with Crippen molar-refractivity contribution in [2.45, 2.75) is 52.4 Å². The molecule has 0 saturated carbocycles. The van der Waals surface area contributed by atoms with Crippen LogP contribution in [0.25, 0.3) is 0 Å². The van der Waals surface area contributed by atoms with Crippen LogP contribution in [0.2, 0.25) is 0 Å². The van der Waals surface area contributed by atoms with Crippen molar-refractivity contribution < 1.29 is 14.6 Å². The lowest BCUT2D eigenvalue weighted by molar-refractivity contribution is -0.131. The summed E-state index contributed by atoms with van der Waals surface area (Å²) in [6, 6.07) is 0. The van der Waals surface area contributed by atoms with Crippen molar-refractivity contribution in [2.24, 2.45) is 0 Å². The molecule has 0 bridgehead atoms. The van der Waals surface area contributed by atoms with E-state index in [1.54, 1.807) is 6.92 Å². The van der Waals surface area contributed by atoms with Crippen molar-refractivity contribution in [2.75, 3.05) is 13.2 Å². The van der Waals surface area contributed by atoms with Crippen molar-refractivity contribution >= 4 is 5.97 Å². The summed E-state index contributed by atoms with van der Waals surface area (Å²) in [7, 11) is 0. The second-order valence-corrected chi connectivity index (χ2v) is 4.15. The van der Waals surface area contributed by atoms with Gasteiger partial charge in [-0.25, -0.2) is 4.79 Å². The Balaban J connectivity index is 3.24. The van der Waals surface area contributed by atoms with Crippen LogP contribution in [0.5, 0.6) is 0 Å². The molecule has 0 atom stereocenters. The summed E-state index contributed by atoms with van der Waals surface area (Å²) < 4.78 is 5.37. The van der Waals surface area contributed by atoms with E-state index in [0.29, 0.717) is 6.61 Å². The van der Waals surface area contributed by atoms with Crippen LogP contribution in [0.15, 0.2) is 11.6 Å². The molecule has 0 aliphatic heterocycles. The molecule has 16 heavy (non-hydrogen) atoms. The van der Waals surface area contributed by atoms with Gasteiger partial charge in [0.25, 0.3) is 0 Å². The van der Waals surface area contributed by atoms with E-state index in [1.165, 1.54) is 38.2 Å². The molecular weight excluding hydrogens is 204 g/mol. The lowest BCUT2D eigenvalue weighted by atomic mass is 10.1. The van der Waals surface area contributed by atoms with Gasteiger partial charge in [-0.05, 0) is 18.9 Å². The maximum Gasteiger partial charge on any atom is 0.328 e. The van der Waals surface area contributed by atoms with Gasteiger partial charge < -0.3 is 9.84 Å². The van der Waals surface area contributed by atoms with E-state index in [1.807, 2.05) is 0 Å². The molecule has 3 heteroatoms. The van der Waals surface area contributed by atoms with Gasteiger partial charge in [0.05, 0.1) is 6.61 Å². The van der Waals surface area contributed by atoms with Crippen molar-refractivity contribution in [1.82, 2.24) is 0 Å². The Labute approximate surface area is 98.5 Å². The van der Waals surface area contributed by atoms with Crippen LogP contribution in [0, 0.1) is 0 Å². The highest BCUT2D eigenvalue weighted by molar-refractivity contribution is 5.80. The monoisotopic (exact) mass is 228 g/mol. The molecule has 0 aliphatic carbocycles. The molecule has 0 aliphatic rings. The number of carboxylic acids is 1. The SMILES string of the molecule is CCCCCCCCOCC(C)=CC(=O)O. The lowest BCUT2D eigenvalue weighted by Crippen LogP contribution is -2.00. The third-order valence-corrected chi connectivity index (χ3v) is 2.34. The van der Waals surface area contributed by atoms with Gasteiger partial charge in [0.2, 0.25) is 0 Å². The molecule has 0 aromatic heterocycles. The highest BCUT2D eigenvalue weighted by atomic mass is 16.5. The molecule has 0 rings (SSSR count). The smallest absolute Gasteiger partial charge is 0.328 e. The minimum Gasteiger partial charge on any atom is -0.478 e. The van der Waals surface area contributed by atoms with Gasteiger partial charge in [-0.15, -0.1) is 0 Å². The van der Waals surface area contributed by atoms with E-state index in [-0.39, 0.29) is 0 Å². The molecule has 1 N–H and O–H groups in total. The molecule has 0 saturated heterocycles. The quantitative estimate of drug-likeness (QED) is 0.460. The molecular formula is C13H24O3. The third kappa shape index (κ3) is 11.2. The van der Waals surface area contributed by atoms with Crippen LogP contribution in [-0.2, 0) is 9.53 Å². The predicted molar refractivity (Wildman–Crippen MR) is 65.6 cm³/mol. The van der Waals surface area contributed by atoms with Crippen LogP contribution in [-0.4, -0.2) is 24.3 Å². The third-order valence-electron chi connectivity index (χ3n) is 2.34. The first-order chi connectivity index (χ1) is 7.66. The zero-order chi connectivity index (χ0) is 12.2. The van der Waals surface area contributed by atoms with Gasteiger partial charge in [-0.2, -0.15) is 0 Å². The zero-order valence-electron chi connectivity index (χ0n) is 10.5. The van der Waals surface area contributed by atoms with Gasteiger partial charge in [-0.1, -0.05) is 39.0 Å². The summed E-state index contributed by atoms with van der Waals surface area (Å²) in [4.78, 5) is 10.3. The first-order valence-corrected chi connectivity index (χ1v) is 6.14. The van der Waals surface area contributed by atoms with E-state index in [4.69, 9.17) is 9.84 Å². The maximum absolute atomic E-state index is 10.3. The molecule has 94 valence electrons. The number of carboxylic acid groups (broad SMARTS) is 1. The molecule has 0 spiro atoms. The van der Waals surface area contributed by atoms with E-state index >= 15 is 0 Å². The second-order valence-electron chi connectivity index (χ2n) is 4.15. The average Bonchev–Trinajstić information content (AvgIpc) is 2.21. The Hall–Kier alpha value is -0.830. The molecule has 0 amide bonds. The van der Waals surface area contributed by atoms with Gasteiger partial charge in [0.1, 0.15) is 0 Å². The summed E-state index contributed by atoms with van der Waals surface area (Å²) in [6.45, 7) is 5.15. The lowest BCUT2D eigenvalue weighted by Gasteiger charge is -2.04. The minimum absolute atomic E-state index is 0.432. The largest absolute Gasteiger partial charge is 0.478 e. The first kappa shape index (κ1) is 15.2. The summed E-state index contributed by atoms with van der Waals surface area (Å²) in [5.41, 5.74) is 0.762. The summed E-state index contributed by atoms with van der Waals surface area (Å²) >= 11 is 0. The number of aliphatic carboxylic acids is 1. The average molecular weight is 228 g/mol. The van der Waals surface area contributed by atoms with E-state index in [9.17, 15) is 4.79 Å². The predicted octanol–water partition coefficient (Wildman–Crippen LogP) is 3.39. The molecule has 0 radical (unpaired) electrons. The number of hydrogen-bond donors (Lipinski definition) is 1. The van der Waals surface area contributed by atoms with Gasteiger partial charge in [0, 0.05) is 12.7 Å². The van der Waals surface area contributed by atoms with Crippen LogP contribution in [0.4, 0.5) is 0 Å². The molecule has 0 heterocycles. The topological polar surface area (TPSA) is 46.5 Å². The number of ether oxygens (including phenoxy) is 1. The summed E-state index contributed by atoms with van der Waals surface area (Å²) in [5.74, 6) is -0.902. The Kier molecular flexibility index (Phi) is 10.1. The normalized spacial score (nSPS) is 11.8. The van der Waals surface area contributed by atoms with Gasteiger partial charge >= 0.3 is 5.97 Å². The summed E-state index contributed by atoms with van der Waals surface area (Å²) in [5, 5.41) is 8.48. The van der Waals surface area contributed by atoms with E-state index in [2.05, 4.69) is 6.92 Å². The van der Waals surface area contributed by atoms with Crippen LogP contribution in [0.1, 0.15) is 52.4 Å². The van der Waals surface area contributed by atoms with E-state index in [0.717, 1.165) is 18.6 Å². The Morgan fingerprint density at radius 1 is 1.19 bits per heavy atom. The molecule has 0 aromatic carbocycles. The van der Waals surface area contributed by atoms with E-state index < -0.39 is 5.97 Å². The molecule has 0 aromatic rings. The van der Waals surface area contributed by atoms with Crippen molar-refractivity contribution in [3.8, 4) is 0 Å². The fourth-order valence-corrected chi connectivity index (χ4v) is 1.47. The molecule has 0 fully saturated rings. The maximum atomic E-state index is 10.3. The van der Waals surface area contributed by atoms with Crippen LogP contribution < -0.4 is 0 Å². The highest BCUT2D eigenvalue weighted by Gasteiger charge is 1.95. The Bertz CT molecular complexity index is 209. The van der Waals surface area contributed by atoms with Crippen molar-refractivity contribution in [3.05, 3.63) is 11.6 Å². The Morgan fingerprint density at radius 3 is 2.44 bits per heavy atom. The van der Waals surface area contributed by atoms with Crippen LogP contribution in [0.3, 0.4) is 0 Å². The molecule has 3 nitrogen and oxygen atoms in total. The van der Waals surface area contributed by atoms with Crippen LogP contribution >= 0.6 is 0 Å². The number of rotatable bonds is 10. The van der Waals surface area contributed by atoms with Crippen molar-refractivity contribution in [3.63, 3.8) is 0 Å². The zero-order valence-corrected chi connectivity index (χ0v) is 10.5. The number of carbonyl (C=O) groups is 1. The van der Waals surface area contributed by atoms with Crippen molar-refractivity contribution in [1.29, 1.82) is 0 Å². The number of unbranched alkanes of at least 4 members (excludes halogenated alkanes) is 5. The number of hydrogen-bond acceptors (Lipinski definition) is 2. The fraction of sp³-hybridized carbons (Fsp3) is 0.769. The standard InChI is InChI=1S/C13H24O3/c1-3-4-5-6-7-8-9-16-11-12(2)10-13(14)15/h10H,3-9,11H2,1-2H3,(H,14,15).